The minimum Gasteiger partial charge on any atom is -0.495 e. The summed E-state index contributed by atoms with van der Waals surface area (Å²) in [6, 6.07) is 17.2. The summed E-state index contributed by atoms with van der Waals surface area (Å²) >= 11 is 9.56. The van der Waals surface area contributed by atoms with E-state index in [-0.39, 0.29) is 27.2 Å². The Morgan fingerprint density at radius 2 is 1.89 bits per heavy atom. The van der Waals surface area contributed by atoms with Crippen LogP contribution in [-0.2, 0) is 14.8 Å². The summed E-state index contributed by atoms with van der Waals surface area (Å²) in [6.45, 7) is -0.657. The summed E-state index contributed by atoms with van der Waals surface area (Å²) in [5, 5.41) is 18.4. The van der Waals surface area contributed by atoms with Crippen LogP contribution in [0.2, 0.25) is 5.02 Å². The molecule has 4 aromatic rings. The normalized spacial score (nSPS) is 11.7. The summed E-state index contributed by atoms with van der Waals surface area (Å²) in [5.74, 6) is -0.787. The van der Waals surface area contributed by atoms with Crippen LogP contribution in [0.5, 0.6) is 11.6 Å². The Hall–Kier alpha value is -3.41. The maximum absolute atomic E-state index is 13.4. The number of azo groups is 1. The van der Waals surface area contributed by atoms with Crippen molar-refractivity contribution in [3.8, 4) is 11.6 Å². The maximum Gasteiger partial charge on any atom is 0.285 e. The molecule has 4 rings (SSSR count). The summed E-state index contributed by atoms with van der Waals surface area (Å²) in [7, 11) is -2.72. The van der Waals surface area contributed by atoms with Gasteiger partial charge in [0.25, 0.3) is 15.9 Å². The van der Waals surface area contributed by atoms with E-state index >= 15 is 0 Å². The Bertz CT molecular complexity index is 1540. The standard InChI is InChI=1S/C23H18BrClN4O5S/c1-34-20-10-8-15(12-18(20)25)29(35(32,33)16-5-3-2-4-6-16)13-21(30)27-28-22-17-11-14(24)7-9-19(17)26-23(22)31/h2-12,26,31H,13H2,1H3. The number of fused-ring (bicyclic) bond motifs is 1. The number of halogens is 2. The number of aromatic amines is 1. The molecule has 0 unspecified atom stereocenters. The Kier molecular flexibility index (Phi) is 7.10. The maximum atomic E-state index is 13.4. The van der Waals surface area contributed by atoms with Crippen molar-refractivity contribution in [2.75, 3.05) is 18.0 Å². The quantitative estimate of drug-likeness (QED) is 0.269. The first kappa shape index (κ1) is 24.7. The summed E-state index contributed by atoms with van der Waals surface area (Å²) in [4.78, 5) is 15.5. The lowest BCUT2D eigenvalue weighted by atomic mass is 10.2. The van der Waals surface area contributed by atoms with Gasteiger partial charge in [0.1, 0.15) is 12.3 Å². The number of nitrogens with one attached hydrogen (secondary N) is 1. The third-order valence-corrected chi connectivity index (χ3v) is 7.59. The van der Waals surface area contributed by atoms with Gasteiger partial charge in [-0.15, -0.1) is 10.2 Å². The highest BCUT2D eigenvalue weighted by atomic mass is 79.9. The molecule has 0 fully saturated rings. The molecule has 1 aromatic heterocycles. The van der Waals surface area contributed by atoms with Crippen LogP contribution in [0.1, 0.15) is 0 Å². The molecule has 0 atom stereocenters. The van der Waals surface area contributed by atoms with Crippen molar-refractivity contribution in [2.24, 2.45) is 10.2 Å². The first-order valence-corrected chi connectivity index (χ1v) is 12.7. The van der Waals surface area contributed by atoms with Gasteiger partial charge in [0.2, 0.25) is 5.88 Å². The number of anilines is 1. The van der Waals surface area contributed by atoms with Crippen molar-refractivity contribution in [1.82, 2.24) is 4.98 Å². The van der Waals surface area contributed by atoms with Gasteiger partial charge in [-0.2, -0.15) is 0 Å². The number of H-pyrrole nitrogens is 1. The van der Waals surface area contributed by atoms with E-state index in [0.717, 1.165) is 8.78 Å². The molecule has 1 heterocycles. The van der Waals surface area contributed by atoms with Crippen LogP contribution in [0.3, 0.4) is 0 Å². The zero-order chi connectivity index (χ0) is 25.2. The van der Waals surface area contributed by atoms with Crippen molar-refractivity contribution in [1.29, 1.82) is 0 Å². The van der Waals surface area contributed by atoms with Crippen LogP contribution in [0, 0.1) is 0 Å². The van der Waals surface area contributed by atoms with Gasteiger partial charge in [0, 0.05) is 9.86 Å². The minimum atomic E-state index is -4.16. The first-order chi connectivity index (χ1) is 16.7. The number of aromatic hydroxyl groups is 1. The molecule has 0 aliphatic carbocycles. The predicted molar refractivity (Wildman–Crippen MR) is 136 cm³/mol. The molecule has 3 aromatic carbocycles. The summed E-state index contributed by atoms with van der Waals surface area (Å²) < 4.78 is 33.6. The Balaban J connectivity index is 1.70. The molecule has 0 saturated carbocycles. The fourth-order valence-electron chi connectivity index (χ4n) is 3.34. The van der Waals surface area contributed by atoms with Crippen LogP contribution in [-0.4, -0.2) is 38.1 Å². The van der Waals surface area contributed by atoms with E-state index in [0.29, 0.717) is 16.7 Å². The smallest absolute Gasteiger partial charge is 0.285 e. The topological polar surface area (TPSA) is 124 Å². The average Bonchev–Trinajstić information content (AvgIpc) is 3.15. The van der Waals surface area contributed by atoms with Gasteiger partial charge in [-0.05, 0) is 48.5 Å². The van der Waals surface area contributed by atoms with E-state index in [4.69, 9.17) is 16.3 Å². The lowest BCUT2D eigenvalue weighted by Gasteiger charge is -2.23. The Labute approximate surface area is 214 Å². The number of hydrogen-bond acceptors (Lipinski definition) is 6. The number of nitrogens with zero attached hydrogens (tertiary/aromatic N) is 3. The highest BCUT2D eigenvalue weighted by Gasteiger charge is 2.28. The van der Waals surface area contributed by atoms with E-state index in [9.17, 15) is 18.3 Å². The van der Waals surface area contributed by atoms with E-state index in [1.54, 1.807) is 36.4 Å². The van der Waals surface area contributed by atoms with Crippen LogP contribution in [0.4, 0.5) is 11.4 Å². The number of carbonyl (C=O) groups excluding carboxylic acids is 1. The number of methoxy groups -OCH3 is 1. The number of ether oxygens (including phenoxy) is 1. The van der Waals surface area contributed by atoms with Gasteiger partial charge < -0.3 is 14.8 Å². The van der Waals surface area contributed by atoms with E-state index < -0.39 is 22.5 Å². The fourth-order valence-corrected chi connectivity index (χ4v) is 5.38. The second-order valence-electron chi connectivity index (χ2n) is 7.25. The monoisotopic (exact) mass is 576 g/mol. The van der Waals surface area contributed by atoms with Gasteiger partial charge >= 0.3 is 0 Å². The van der Waals surface area contributed by atoms with E-state index in [1.807, 2.05) is 0 Å². The van der Waals surface area contributed by atoms with Gasteiger partial charge in [0.15, 0.2) is 5.69 Å². The van der Waals surface area contributed by atoms with E-state index in [1.165, 1.54) is 37.4 Å². The van der Waals surface area contributed by atoms with Gasteiger partial charge in [-0.3, -0.25) is 9.10 Å². The number of hydrogen-bond donors (Lipinski definition) is 2. The van der Waals surface area contributed by atoms with Crippen LogP contribution >= 0.6 is 27.5 Å². The number of aromatic nitrogens is 1. The fraction of sp³-hybridized carbons (Fsp3) is 0.0870. The number of rotatable bonds is 7. The zero-order valence-electron chi connectivity index (χ0n) is 18.1. The molecule has 0 aliphatic rings. The highest BCUT2D eigenvalue weighted by Crippen LogP contribution is 2.37. The van der Waals surface area contributed by atoms with Crippen LogP contribution < -0.4 is 9.04 Å². The summed E-state index contributed by atoms with van der Waals surface area (Å²) in [6.07, 6.45) is 0. The molecule has 0 saturated heterocycles. The highest BCUT2D eigenvalue weighted by molar-refractivity contribution is 9.10. The third kappa shape index (κ3) is 5.16. The minimum absolute atomic E-state index is 0.0178. The number of amides is 1. The second kappa shape index (κ2) is 10.1. The van der Waals surface area contributed by atoms with Crippen molar-refractivity contribution in [3.05, 3.63) is 76.2 Å². The molecular weight excluding hydrogens is 560 g/mol. The van der Waals surface area contributed by atoms with Crippen molar-refractivity contribution in [3.63, 3.8) is 0 Å². The number of sulfonamides is 1. The molecule has 9 nitrogen and oxygen atoms in total. The lowest BCUT2D eigenvalue weighted by Crippen LogP contribution is -2.35. The molecule has 0 spiro atoms. The van der Waals surface area contributed by atoms with Gasteiger partial charge in [-0.25, -0.2) is 8.42 Å². The summed E-state index contributed by atoms with van der Waals surface area (Å²) in [5.41, 5.74) is 0.787. The molecule has 12 heteroatoms. The molecule has 35 heavy (non-hydrogen) atoms. The molecule has 1 amide bonds. The Morgan fingerprint density at radius 3 is 2.57 bits per heavy atom. The Morgan fingerprint density at radius 1 is 1.14 bits per heavy atom. The SMILES string of the molecule is COc1ccc(N(CC(=O)N=Nc2c(O)[nH]c3ccc(Br)cc23)S(=O)(=O)c2ccccc2)cc1Cl. The number of carbonyl (C=O) groups is 1. The molecular formula is C23H18BrClN4O5S. The van der Waals surface area contributed by atoms with Crippen molar-refractivity contribution in [2.45, 2.75) is 4.90 Å². The molecule has 2 N–H and O–H groups in total. The molecule has 180 valence electrons. The van der Waals surface area contributed by atoms with Crippen LogP contribution in [0.25, 0.3) is 10.9 Å². The van der Waals surface area contributed by atoms with Crippen LogP contribution in [0.15, 0.2) is 86.3 Å². The second-order valence-corrected chi connectivity index (χ2v) is 10.4. The van der Waals surface area contributed by atoms with E-state index in [2.05, 4.69) is 31.1 Å². The zero-order valence-corrected chi connectivity index (χ0v) is 21.3. The van der Waals surface area contributed by atoms with Crippen molar-refractivity contribution >= 4 is 65.7 Å². The largest absolute Gasteiger partial charge is 0.495 e. The molecule has 0 radical (unpaired) electrons. The average molecular weight is 578 g/mol. The number of benzene rings is 3. The first-order valence-electron chi connectivity index (χ1n) is 10.1. The van der Waals surface area contributed by atoms with Gasteiger partial charge in [0.05, 0.1) is 28.2 Å². The van der Waals surface area contributed by atoms with Crippen molar-refractivity contribution < 1.29 is 23.1 Å². The predicted octanol–water partition coefficient (Wildman–Crippen LogP) is 5.80. The molecule has 0 aliphatic heterocycles. The molecule has 0 bridgehead atoms. The third-order valence-electron chi connectivity index (χ3n) is 5.01. The lowest BCUT2D eigenvalue weighted by molar-refractivity contribution is -0.116. The van der Waals surface area contributed by atoms with Gasteiger partial charge in [-0.1, -0.05) is 45.7 Å².